The Kier molecular flexibility index (Phi) is 2.36. The monoisotopic (exact) mass is 175 g/mol. The van der Waals surface area contributed by atoms with Crippen LogP contribution in [0.4, 0.5) is 0 Å². The van der Waals surface area contributed by atoms with Crippen molar-refractivity contribution in [3.8, 4) is 0 Å². The highest BCUT2D eigenvalue weighted by Crippen LogP contribution is 2.37. The van der Waals surface area contributed by atoms with Gasteiger partial charge >= 0.3 is 0 Å². The molecule has 1 nitrogen and oxygen atoms in total. The number of nitrogens with two attached hydrogens (primary N) is 1. The highest BCUT2D eigenvalue weighted by molar-refractivity contribution is 5.35. The molecule has 1 aromatic carbocycles. The molecule has 0 aromatic heterocycles. The van der Waals surface area contributed by atoms with Gasteiger partial charge in [0.2, 0.25) is 0 Å². The summed E-state index contributed by atoms with van der Waals surface area (Å²) in [6.45, 7) is 3.06. The predicted octanol–water partition coefficient (Wildman–Crippen LogP) is 2.31. The summed E-state index contributed by atoms with van der Waals surface area (Å²) in [7, 11) is 0. The molecule has 70 valence electrons. The summed E-state index contributed by atoms with van der Waals surface area (Å²) in [6, 6.07) is 8.78. The van der Waals surface area contributed by atoms with Crippen LogP contribution in [0.15, 0.2) is 24.3 Å². The molecule has 1 aliphatic carbocycles. The van der Waals surface area contributed by atoms with Crippen LogP contribution in [-0.2, 0) is 6.42 Å². The van der Waals surface area contributed by atoms with Crippen molar-refractivity contribution in [1.82, 2.24) is 0 Å². The molecule has 1 aliphatic rings. The van der Waals surface area contributed by atoms with E-state index in [0.29, 0.717) is 11.8 Å². The van der Waals surface area contributed by atoms with Gasteiger partial charge in [-0.3, -0.25) is 0 Å². The molecule has 1 aromatic rings. The van der Waals surface area contributed by atoms with Crippen molar-refractivity contribution in [3.05, 3.63) is 35.4 Å². The number of rotatable bonds is 2. The molecule has 0 amide bonds. The molecule has 2 N–H and O–H groups in total. The molecular formula is C12H17N. The maximum atomic E-state index is 5.71. The first-order valence-corrected chi connectivity index (χ1v) is 5.11. The molecule has 1 heteroatoms. The molecule has 0 spiro atoms. The van der Waals surface area contributed by atoms with Gasteiger partial charge in [-0.15, -0.1) is 0 Å². The Balaban J connectivity index is 2.28. The molecule has 0 saturated heterocycles. The van der Waals surface area contributed by atoms with Gasteiger partial charge in [0.15, 0.2) is 0 Å². The van der Waals surface area contributed by atoms with E-state index in [2.05, 4.69) is 31.2 Å². The number of benzene rings is 1. The van der Waals surface area contributed by atoms with Crippen molar-refractivity contribution in [1.29, 1.82) is 0 Å². The number of hydrogen-bond acceptors (Lipinski definition) is 1. The Bertz CT molecular complexity index is 293. The third-order valence-corrected chi connectivity index (χ3v) is 3.24. The number of aryl methyl sites for hydroxylation is 1. The first-order valence-electron chi connectivity index (χ1n) is 5.11. The van der Waals surface area contributed by atoms with Gasteiger partial charge in [0.05, 0.1) is 0 Å². The van der Waals surface area contributed by atoms with Gasteiger partial charge in [-0.25, -0.2) is 0 Å². The second-order valence-corrected chi connectivity index (χ2v) is 4.06. The van der Waals surface area contributed by atoms with E-state index in [9.17, 15) is 0 Å². The average Bonchev–Trinajstić information content (AvgIpc) is 2.60. The van der Waals surface area contributed by atoms with Crippen LogP contribution in [0.5, 0.6) is 0 Å². The van der Waals surface area contributed by atoms with Crippen molar-refractivity contribution in [2.45, 2.75) is 25.7 Å². The molecule has 0 fully saturated rings. The summed E-state index contributed by atoms with van der Waals surface area (Å²) in [5.74, 6) is 1.34. The summed E-state index contributed by atoms with van der Waals surface area (Å²) in [5.41, 5.74) is 8.79. The van der Waals surface area contributed by atoms with E-state index in [1.807, 2.05) is 0 Å². The lowest BCUT2D eigenvalue weighted by Crippen LogP contribution is -2.17. The van der Waals surface area contributed by atoms with Crippen LogP contribution in [0.1, 0.15) is 30.4 Å². The minimum Gasteiger partial charge on any atom is -0.330 e. The molecule has 0 bridgehead atoms. The van der Waals surface area contributed by atoms with Crippen LogP contribution in [0, 0.1) is 5.92 Å². The normalized spacial score (nSPS) is 22.8. The van der Waals surface area contributed by atoms with Gasteiger partial charge in [0.25, 0.3) is 0 Å². The van der Waals surface area contributed by atoms with E-state index in [1.54, 1.807) is 5.56 Å². The van der Waals surface area contributed by atoms with Crippen molar-refractivity contribution < 1.29 is 0 Å². The van der Waals surface area contributed by atoms with Crippen LogP contribution in [0.25, 0.3) is 0 Å². The molecule has 0 heterocycles. The quantitative estimate of drug-likeness (QED) is 0.733. The lowest BCUT2D eigenvalue weighted by molar-refractivity contribution is 0.466. The Labute approximate surface area is 80.0 Å². The second-order valence-electron chi connectivity index (χ2n) is 4.06. The van der Waals surface area contributed by atoms with Gasteiger partial charge in [-0.2, -0.15) is 0 Å². The van der Waals surface area contributed by atoms with E-state index in [0.717, 1.165) is 6.54 Å². The van der Waals surface area contributed by atoms with Crippen LogP contribution in [0.2, 0.25) is 0 Å². The van der Waals surface area contributed by atoms with E-state index in [-0.39, 0.29) is 0 Å². The highest BCUT2D eigenvalue weighted by atomic mass is 14.6. The predicted molar refractivity (Wildman–Crippen MR) is 55.7 cm³/mol. The van der Waals surface area contributed by atoms with E-state index < -0.39 is 0 Å². The zero-order valence-corrected chi connectivity index (χ0v) is 8.16. The number of hydrogen-bond donors (Lipinski definition) is 1. The third-order valence-electron chi connectivity index (χ3n) is 3.24. The van der Waals surface area contributed by atoms with E-state index in [1.165, 1.54) is 18.4 Å². The lowest BCUT2D eigenvalue weighted by atomic mass is 9.89. The van der Waals surface area contributed by atoms with Crippen LogP contribution < -0.4 is 5.73 Å². The molecule has 13 heavy (non-hydrogen) atoms. The summed E-state index contributed by atoms with van der Waals surface area (Å²) in [6.07, 6.45) is 2.53. The Morgan fingerprint density at radius 3 is 3.00 bits per heavy atom. The molecule has 0 radical (unpaired) electrons. The van der Waals surface area contributed by atoms with Crippen molar-refractivity contribution in [2.24, 2.45) is 11.7 Å². The van der Waals surface area contributed by atoms with Crippen molar-refractivity contribution >= 4 is 0 Å². The minimum atomic E-state index is 0.628. The molecule has 2 unspecified atom stereocenters. The first-order chi connectivity index (χ1) is 6.33. The van der Waals surface area contributed by atoms with Crippen LogP contribution in [0.3, 0.4) is 0 Å². The lowest BCUT2D eigenvalue weighted by Gasteiger charge is -2.18. The van der Waals surface area contributed by atoms with E-state index >= 15 is 0 Å². The van der Waals surface area contributed by atoms with Crippen molar-refractivity contribution in [2.75, 3.05) is 6.54 Å². The molecule has 2 atom stereocenters. The topological polar surface area (TPSA) is 26.0 Å². The van der Waals surface area contributed by atoms with Crippen LogP contribution in [-0.4, -0.2) is 6.54 Å². The van der Waals surface area contributed by atoms with Gasteiger partial charge in [0.1, 0.15) is 0 Å². The second kappa shape index (κ2) is 3.51. The van der Waals surface area contributed by atoms with Gasteiger partial charge in [-0.1, -0.05) is 31.2 Å². The molecule has 0 saturated carbocycles. The standard InChI is InChI=1S/C12H17N/c1-9(8-13)11-7-6-10-4-2-3-5-12(10)11/h2-5,9,11H,6-8,13H2,1H3. The fourth-order valence-corrected chi connectivity index (χ4v) is 2.35. The Morgan fingerprint density at radius 1 is 1.46 bits per heavy atom. The van der Waals surface area contributed by atoms with E-state index in [4.69, 9.17) is 5.73 Å². The summed E-state index contributed by atoms with van der Waals surface area (Å²) < 4.78 is 0. The largest absolute Gasteiger partial charge is 0.330 e. The first kappa shape index (κ1) is 8.76. The summed E-state index contributed by atoms with van der Waals surface area (Å²) in [4.78, 5) is 0. The molecule has 0 aliphatic heterocycles. The molecular weight excluding hydrogens is 158 g/mol. The summed E-state index contributed by atoms with van der Waals surface area (Å²) >= 11 is 0. The van der Waals surface area contributed by atoms with Gasteiger partial charge < -0.3 is 5.73 Å². The maximum Gasteiger partial charge on any atom is -0.00457 e. The zero-order valence-electron chi connectivity index (χ0n) is 8.16. The van der Waals surface area contributed by atoms with Crippen LogP contribution >= 0.6 is 0 Å². The number of fused-ring (bicyclic) bond motifs is 1. The van der Waals surface area contributed by atoms with Crippen molar-refractivity contribution in [3.63, 3.8) is 0 Å². The smallest absolute Gasteiger partial charge is 0.00457 e. The average molecular weight is 175 g/mol. The third kappa shape index (κ3) is 1.49. The zero-order chi connectivity index (χ0) is 9.26. The highest BCUT2D eigenvalue weighted by Gasteiger charge is 2.25. The Morgan fingerprint density at radius 2 is 2.23 bits per heavy atom. The molecule has 2 rings (SSSR count). The van der Waals surface area contributed by atoms with Gasteiger partial charge in [-0.05, 0) is 42.3 Å². The summed E-state index contributed by atoms with van der Waals surface area (Å²) in [5, 5.41) is 0. The SMILES string of the molecule is CC(CN)C1CCc2ccccc21. The fraction of sp³-hybridized carbons (Fsp3) is 0.500. The minimum absolute atomic E-state index is 0.628. The Hall–Kier alpha value is -0.820. The maximum absolute atomic E-state index is 5.71. The fourth-order valence-electron chi connectivity index (χ4n) is 2.35. The van der Waals surface area contributed by atoms with Gasteiger partial charge in [0, 0.05) is 0 Å².